The van der Waals surface area contributed by atoms with Crippen molar-refractivity contribution < 1.29 is 18.7 Å². The van der Waals surface area contributed by atoms with Gasteiger partial charge >= 0.3 is 0 Å². The smallest absolute Gasteiger partial charge is 0.168 e. The fraction of sp³-hybridized carbons (Fsp3) is 0.562. The highest BCUT2D eigenvalue weighted by Crippen LogP contribution is 2.24. The van der Waals surface area contributed by atoms with Gasteiger partial charge in [-0.1, -0.05) is 12.1 Å². The Balaban J connectivity index is 2.54. The number of hydrogen-bond donors (Lipinski definition) is 0. The lowest BCUT2D eigenvalue weighted by Gasteiger charge is -2.15. The van der Waals surface area contributed by atoms with Gasteiger partial charge in [-0.3, -0.25) is 0 Å². The molecule has 0 aliphatic rings. The summed E-state index contributed by atoms with van der Waals surface area (Å²) in [6.07, 6.45) is 0.668. The standard InChI is InChI=1S/C16H24FNO3/c1-6-12(4)20-14-7-8-16(15(17)9-14)19-10-13(5)21-18-11(2)3/h7-9,12-13H,6,10H2,1-5H3. The summed E-state index contributed by atoms with van der Waals surface area (Å²) in [7, 11) is 0. The highest BCUT2D eigenvalue weighted by atomic mass is 19.1. The van der Waals surface area contributed by atoms with Gasteiger partial charge in [0.15, 0.2) is 17.7 Å². The number of oxime groups is 1. The second-order valence-corrected chi connectivity index (χ2v) is 5.19. The van der Waals surface area contributed by atoms with Gasteiger partial charge in [-0.05, 0) is 46.2 Å². The van der Waals surface area contributed by atoms with Gasteiger partial charge in [-0.25, -0.2) is 4.39 Å². The number of halogens is 1. The summed E-state index contributed by atoms with van der Waals surface area (Å²) < 4.78 is 24.8. The zero-order valence-corrected chi connectivity index (χ0v) is 13.4. The minimum atomic E-state index is -0.446. The van der Waals surface area contributed by atoms with Crippen LogP contribution < -0.4 is 9.47 Å². The van der Waals surface area contributed by atoms with E-state index in [2.05, 4.69) is 5.16 Å². The van der Waals surface area contributed by atoms with E-state index >= 15 is 0 Å². The molecule has 0 bridgehead atoms. The molecule has 0 aromatic heterocycles. The van der Waals surface area contributed by atoms with Crippen LogP contribution in [0.2, 0.25) is 0 Å². The van der Waals surface area contributed by atoms with Gasteiger partial charge in [0.25, 0.3) is 0 Å². The Bertz CT molecular complexity index is 473. The van der Waals surface area contributed by atoms with Gasteiger partial charge in [0, 0.05) is 6.07 Å². The minimum absolute atomic E-state index is 0.0553. The van der Waals surface area contributed by atoms with Crippen LogP contribution in [0, 0.1) is 5.82 Å². The molecule has 2 unspecified atom stereocenters. The van der Waals surface area contributed by atoms with Gasteiger partial charge in [-0.15, -0.1) is 0 Å². The number of ether oxygens (including phenoxy) is 2. The van der Waals surface area contributed by atoms with Crippen molar-refractivity contribution in [3.63, 3.8) is 0 Å². The summed E-state index contributed by atoms with van der Waals surface area (Å²) in [5.41, 5.74) is 0.819. The van der Waals surface area contributed by atoms with E-state index in [1.807, 2.05) is 34.6 Å². The zero-order chi connectivity index (χ0) is 15.8. The Hall–Kier alpha value is -1.78. The molecule has 0 saturated carbocycles. The number of hydrogen-bond acceptors (Lipinski definition) is 4. The second-order valence-electron chi connectivity index (χ2n) is 5.19. The van der Waals surface area contributed by atoms with Gasteiger partial charge in [0.1, 0.15) is 12.4 Å². The molecule has 21 heavy (non-hydrogen) atoms. The molecule has 1 aromatic carbocycles. The first-order valence-corrected chi connectivity index (χ1v) is 7.18. The third kappa shape index (κ3) is 6.47. The average Bonchev–Trinajstić information content (AvgIpc) is 2.44. The SMILES string of the molecule is CCC(C)Oc1ccc(OCC(C)ON=C(C)C)c(F)c1. The molecule has 0 aliphatic carbocycles. The fourth-order valence-electron chi connectivity index (χ4n) is 1.42. The molecular formula is C16H24FNO3. The molecular weight excluding hydrogens is 273 g/mol. The van der Waals surface area contributed by atoms with E-state index in [9.17, 15) is 4.39 Å². The maximum atomic E-state index is 13.9. The molecule has 1 rings (SSSR count). The van der Waals surface area contributed by atoms with E-state index in [1.54, 1.807) is 12.1 Å². The van der Waals surface area contributed by atoms with Crippen molar-refractivity contribution in [1.82, 2.24) is 0 Å². The first-order valence-electron chi connectivity index (χ1n) is 7.18. The van der Waals surface area contributed by atoms with Crippen molar-refractivity contribution in [2.24, 2.45) is 5.16 Å². The van der Waals surface area contributed by atoms with Gasteiger partial charge < -0.3 is 14.3 Å². The molecule has 0 radical (unpaired) electrons. The predicted octanol–water partition coefficient (Wildman–Crippen LogP) is 4.18. The zero-order valence-electron chi connectivity index (χ0n) is 13.4. The molecule has 0 amide bonds. The Morgan fingerprint density at radius 3 is 2.52 bits per heavy atom. The molecule has 5 heteroatoms. The van der Waals surface area contributed by atoms with Crippen LogP contribution in [-0.2, 0) is 4.84 Å². The predicted molar refractivity (Wildman–Crippen MR) is 81.6 cm³/mol. The maximum absolute atomic E-state index is 13.9. The minimum Gasteiger partial charge on any atom is -0.491 e. The Morgan fingerprint density at radius 1 is 1.24 bits per heavy atom. The largest absolute Gasteiger partial charge is 0.491 e. The van der Waals surface area contributed by atoms with E-state index in [1.165, 1.54) is 6.07 Å². The van der Waals surface area contributed by atoms with E-state index in [-0.39, 0.29) is 24.6 Å². The molecule has 0 heterocycles. The van der Waals surface area contributed by atoms with E-state index in [0.717, 1.165) is 12.1 Å². The van der Waals surface area contributed by atoms with Gasteiger partial charge in [0.2, 0.25) is 0 Å². The Kier molecular flexibility index (Phi) is 6.99. The summed E-state index contributed by atoms with van der Waals surface area (Å²) in [5.74, 6) is 0.238. The topological polar surface area (TPSA) is 40.0 Å². The molecule has 4 nitrogen and oxygen atoms in total. The molecule has 0 aliphatic heterocycles. The lowest BCUT2D eigenvalue weighted by molar-refractivity contribution is 0.0354. The van der Waals surface area contributed by atoms with Crippen LogP contribution in [0.5, 0.6) is 11.5 Å². The van der Waals surface area contributed by atoms with Crippen LogP contribution in [0.15, 0.2) is 23.4 Å². The van der Waals surface area contributed by atoms with Crippen molar-refractivity contribution in [1.29, 1.82) is 0 Å². The summed E-state index contributed by atoms with van der Waals surface area (Å²) in [5, 5.41) is 3.84. The Labute approximate surface area is 125 Å². The summed E-state index contributed by atoms with van der Waals surface area (Å²) >= 11 is 0. The van der Waals surface area contributed by atoms with E-state index in [0.29, 0.717) is 5.75 Å². The van der Waals surface area contributed by atoms with Gasteiger partial charge in [-0.2, -0.15) is 0 Å². The van der Waals surface area contributed by atoms with Crippen LogP contribution in [0.3, 0.4) is 0 Å². The first-order chi connectivity index (χ1) is 9.92. The van der Waals surface area contributed by atoms with E-state index < -0.39 is 5.82 Å². The van der Waals surface area contributed by atoms with Gasteiger partial charge in [0.05, 0.1) is 11.8 Å². The normalized spacial score (nSPS) is 13.2. The first kappa shape index (κ1) is 17.3. The quantitative estimate of drug-likeness (QED) is 0.534. The molecule has 2 atom stereocenters. The van der Waals surface area contributed by atoms with Crippen LogP contribution in [0.4, 0.5) is 4.39 Å². The molecule has 0 fully saturated rings. The second kappa shape index (κ2) is 8.49. The highest BCUT2D eigenvalue weighted by molar-refractivity contribution is 5.78. The number of rotatable bonds is 8. The van der Waals surface area contributed by atoms with Crippen molar-refractivity contribution in [3.05, 3.63) is 24.0 Å². The van der Waals surface area contributed by atoms with Crippen LogP contribution >= 0.6 is 0 Å². The van der Waals surface area contributed by atoms with Crippen LogP contribution in [0.1, 0.15) is 41.0 Å². The molecule has 1 aromatic rings. The summed E-state index contributed by atoms with van der Waals surface area (Å²) in [6, 6.07) is 4.60. The van der Waals surface area contributed by atoms with Crippen molar-refractivity contribution >= 4 is 5.71 Å². The lowest BCUT2D eigenvalue weighted by Crippen LogP contribution is -2.16. The lowest BCUT2D eigenvalue weighted by atomic mass is 10.3. The highest BCUT2D eigenvalue weighted by Gasteiger charge is 2.10. The third-order valence-corrected chi connectivity index (χ3v) is 2.70. The van der Waals surface area contributed by atoms with Crippen LogP contribution in [-0.4, -0.2) is 24.5 Å². The summed E-state index contributed by atoms with van der Waals surface area (Å²) in [4.78, 5) is 5.17. The number of benzene rings is 1. The molecule has 0 saturated heterocycles. The maximum Gasteiger partial charge on any atom is 0.168 e. The molecule has 0 spiro atoms. The van der Waals surface area contributed by atoms with Crippen molar-refractivity contribution in [3.8, 4) is 11.5 Å². The fourth-order valence-corrected chi connectivity index (χ4v) is 1.42. The monoisotopic (exact) mass is 297 g/mol. The molecule has 0 N–H and O–H groups in total. The number of nitrogens with zero attached hydrogens (tertiary/aromatic N) is 1. The van der Waals surface area contributed by atoms with E-state index in [4.69, 9.17) is 14.3 Å². The van der Waals surface area contributed by atoms with Crippen LogP contribution in [0.25, 0.3) is 0 Å². The van der Waals surface area contributed by atoms with Crippen molar-refractivity contribution in [2.75, 3.05) is 6.61 Å². The average molecular weight is 297 g/mol. The van der Waals surface area contributed by atoms with Crippen molar-refractivity contribution in [2.45, 2.75) is 53.2 Å². The molecule has 118 valence electrons. The summed E-state index contributed by atoms with van der Waals surface area (Å²) in [6.45, 7) is 9.66. The Morgan fingerprint density at radius 2 is 1.95 bits per heavy atom. The third-order valence-electron chi connectivity index (χ3n) is 2.70.